The van der Waals surface area contributed by atoms with Gasteiger partial charge in [0.05, 0.1) is 5.54 Å². The third kappa shape index (κ3) is 3.30. The standard InChI is InChI=1S/C11H11F6NO3/c1-9(2)4-21-8(18(9)3)5(6(19)10(12,13)14)7(20)11(15,16)17/h4H2,1-3H3. The zero-order valence-corrected chi connectivity index (χ0v) is 11.1. The van der Waals surface area contributed by atoms with Crippen molar-refractivity contribution >= 4 is 11.6 Å². The predicted octanol–water partition coefficient (Wildman–Crippen LogP) is 2.20. The minimum Gasteiger partial charge on any atom is -0.476 e. The molecular weight excluding hydrogens is 308 g/mol. The molecule has 0 amide bonds. The molecule has 0 aromatic heterocycles. The molecule has 0 unspecified atom stereocenters. The molecule has 0 spiro atoms. The summed E-state index contributed by atoms with van der Waals surface area (Å²) in [7, 11) is 1.13. The van der Waals surface area contributed by atoms with Crippen molar-refractivity contribution in [3.05, 3.63) is 11.5 Å². The van der Waals surface area contributed by atoms with Crippen molar-refractivity contribution in [2.24, 2.45) is 0 Å². The van der Waals surface area contributed by atoms with Crippen molar-refractivity contribution in [2.75, 3.05) is 13.7 Å². The molecule has 10 heteroatoms. The second-order valence-electron chi connectivity index (χ2n) is 4.99. The number of nitrogens with zero attached hydrogens (tertiary/aromatic N) is 1. The fourth-order valence-corrected chi connectivity index (χ4v) is 1.53. The number of alkyl halides is 6. The van der Waals surface area contributed by atoms with Crippen LogP contribution in [0.3, 0.4) is 0 Å². The summed E-state index contributed by atoms with van der Waals surface area (Å²) < 4.78 is 79.4. The third-order valence-electron chi connectivity index (χ3n) is 2.96. The lowest BCUT2D eigenvalue weighted by molar-refractivity contribution is -0.176. The quantitative estimate of drug-likeness (QED) is 0.339. The molecule has 120 valence electrons. The van der Waals surface area contributed by atoms with Gasteiger partial charge < -0.3 is 9.64 Å². The van der Waals surface area contributed by atoms with Crippen LogP contribution in [0.5, 0.6) is 0 Å². The highest BCUT2D eigenvalue weighted by atomic mass is 19.4. The molecule has 1 saturated heterocycles. The van der Waals surface area contributed by atoms with E-state index in [2.05, 4.69) is 0 Å². The lowest BCUT2D eigenvalue weighted by atomic mass is 10.0. The lowest BCUT2D eigenvalue weighted by Crippen LogP contribution is -2.40. The molecule has 0 aliphatic carbocycles. The average molecular weight is 319 g/mol. The Bertz CT molecular complexity index is 475. The summed E-state index contributed by atoms with van der Waals surface area (Å²) in [5, 5.41) is 0. The largest absolute Gasteiger partial charge is 0.476 e. The fourth-order valence-electron chi connectivity index (χ4n) is 1.53. The van der Waals surface area contributed by atoms with Crippen LogP contribution in [0, 0.1) is 0 Å². The van der Waals surface area contributed by atoms with E-state index < -0.39 is 40.9 Å². The van der Waals surface area contributed by atoms with Crippen molar-refractivity contribution in [1.82, 2.24) is 4.90 Å². The molecule has 1 aliphatic rings. The molecule has 0 bridgehead atoms. The van der Waals surface area contributed by atoms with Gasteiger partial charge >= 0.3 is 12.4 Å². The summed E-state index contributed by atoms with van der Waals surface area (Å²) in [5.74, 6) is -6.79. The van der Waals surface area contributed by atoms with Crippen LogP contribution >= 0.6 is 0 Å². The highest BCUT2D eigenvalue weighted by Gasteiger charge is 2.54. The first kappa shape index (κ1) is 17.3. The van der Waals surface area contributed by atoms with Gasteiger partial charge in [0.2, 0.25) is 5.88 Å². The predicted molar refractivity (Wildman–Crippen MR) is 56.9 cm³/mol. The van der Waals surface area contributed by atoms with Gasteiger partial charge in [-0.25, -0.2) is 0 Å². The van der Waals surface area contributed by atoms with E-state index in [9.17, 15) is 35.9 Å². The maximum atomic E-state index is 12.4. The molecule has 0 aromatic rings. The monoisotopic (exact) mass is 319 g/mol. The molecule has 0 aromatic carbocycles. The molecule has 0 radical (unpaired) electrons. The minimum atomic E-state index is -5.62. The van der Waals surface area contributed by atoms with Gasteiger partial charge in [-0.15, -0.1) is 0 Å². The van der Waals surface area contributed by atoms with Crippen molar-refractivity contribution in [3.8, 4) is 0 Å². The van der Waals surface area contributed by atoms with E-state index in [-0.39, 0.29) is 6.61 Å². The van der Waals surface area contributed by atoms with Gasteiger partial charge in [0.1, 0.15) is 12.2 Å². The average Bonchev–Trinajstić information content (AvgIpc) is 2.53. The van der Waals surface area contributed by atoms with Crippen LogP contribution in [-0.4, -0.2) is 48.0 Å². The molecule has 1 aliphatic heterocycles. The Hall–Kier alpha value is -1.74. The van der Waals surface area contributed by atoms with Crippen molar-refractivity contribution in [1.29, 1.82) is 0 Å². The summed E-state index contributed by atoms with van der Waals surface area (Å²) in [6, 6.07) is 0. The van der Waals surface area contributed by atoms with Crippen LogP contribution in [0.15, 0.2) is 11.5 Å². The molecule has 4 nitrogen and oxygen atoms in total. The van der Waals surface area contributed by atoms with Crippen molar-refractivity contribution in [3.63, 3.8) is 0 Å². The summed E-state index contributed by atoms with van der Waals surface area (Å²) >= 11 is 0. The zero-order chi connectivity index (χ0) is 16.8. The maximum Gasteiger partial charge on any atom is 0.455 e. The number of likely N-dealkylation sites (N-methyl/N-ethyl adjacent to an activating group) is 1. The van der Waals surface area contributed by atoms with Gasteiger partial charge in [-0.3, -0.25) is 9.59 Å². The van der Waals surface area contributed by atoms with E-state index in [1.165, 1.54) is 13.8 Å². The summed E-state index contributed by atoms with van der Waals surface area (Å²) in [4.78, 5) is 23.3. The smallest absolute Gasteiger partial charge is 0.455 e. The number of rotatable bonds is 2. The van der Waals surface area contributed by atoms with Gasteiger partial charge in [0.25, 0.3) is 11.6 Å². The molecule has 0 atom stereocenters. The number of allylic oxidation sites excluding steroid dienone is 1. The Balaban J connectivity index is 3.48. The number of Topliss-reactive ketones (excluding diaryl/α,β-unsaturated/α-hetero) is 2. The molecule has 21 heavy (non-hydrogen) atoms. The van der Waals surface area contributed by atoms with Gasteiger partial charge in [-0.2, -0.15) is 26.3 Å². The zero-order valence-electron chi connectivity index (χ0n) is 11.1. The van der Waals surface area contributed by atoms with E-state index in [1.54, 1.807) is 0 Å². The number of hydrogen-bond donors (Lipinski definition) is 0. The van der Waals surface area contributed by atoms with Crippen LogP contribution in [-0.2, 0) is 14.3 Å². The van der Waals surface area contributed by atoms with E-state index >= 15 is 0 Å². The molecule has 1 heterocycles. The van der Waals surface area contributed by atoms with Gasteiger partial charge in [-0.05, 0) is 13.8 Å². The number of ether oxygens (including phenoxy) is 1. The molecule has 1 fully saturated rings. The van der Waals surface area contributed by atoms with E-state index in [4.69, 9.17) is 4.74 Å². The number of halogens is 6. The van der Waals surface area contributed by atoms with Crippen molar-refractivity contribution in [2.45, 2.75) is 31.7 Å². The number of hydrogen-bond acceptors (Lipinski definition) is 4. The molecular formula is C11H11F6NO3. The number of carbonyl (C=O) groups excluding carboxylic acids is 2. The van der Waals surface area contributed by atoms with E-state index in [1.807, 2.05) is 0 Å². The van der Waals surface area contributed by atoms with Crippen LogP contribution in [0.2, 0.25) is 0 Å². The Morgan fingerprint density at radius 3 is 1.67 bits per heavy atom. The molecule has 0 N–H and O–H groups in total. The lowest BCUT2D eigenvalue weighted by Gasteiger charge is -2.26. The Morgan fingerprint density at radius 1 is 1.05 bits per heavy atom. The first-order valence-corrected chi connectivity index (χ1v) is 5.53. The first-order valence-electron chi connectivity index (χ1n) is 5.53. The highest BCUT2D eigenvalue weighted by Crippen LogP contribution is 2.35. The topological polar surface area (TPSA) is 46.6 Å². The van der Waals surface area contributed by atoms with E-state index in [0.717, 1.165) is 11.9 Å². The second kappa shape index (κ2) is 4.92. The Kier molecular flexibility index (Phi) is 4.05. The Labute approximate surface area is 115 Å². The van der Waals surface area contributed by atoms with Crippen LogP contribution in [0.25, 0.3) is 0 Å². The van der Waals surface area contributed by atoms with Crippen LogP contribution in [0.1, 0.15) is 13.8 Å². The highest BCUT2D eigenvalue weighted by molar-refractivity contribution is 6.24. The van der Waals surface area contributed by atoms with Crippen molar-refractivity contribution < 1.29 is 40.7 Å². The van der Waals surface area contributed by atoms with Gasteiger partial charge in [-0.1, -0.05) is 0 Å². The summed E-state index contributed by atoms with van der Waals surface area (Å²) in [6.07, 6.45) is -11.2. The van der Waals surface area contributed by atoms with Crippen LogP contribution < -0.4 is 0 Å². The number of ketones is 2. The second-order valence-corrected chi connectivity index (χ2v) is 4.99. The molecule has 0 saturated carbocycles. The summed E-state index contributed by atoms with van der Waals surface area (Å²) in [5.41, 5.74) is -3.01. The fraction of sp³-hybridized carbons (Fsp3) is 0.636. The minimum absolute atomic E-state index is 0.265. The maximum absolute atomic E-state index is 12.4. The normalized spacial score (nSPS) is 18.5. The van der Waals surface area contributed by atoms with Gasteiger partial charge in [0, 0.05) is 7.05 Å². The molecule has 1 rings (SSSR count). The van der Waals surface area contributed by atoms with E-state index in [0.29, 0.717) is 0 Å². The third-order valence-corrected chi connectivity index (χ3v) is 2.96. The van der Waals surface area contributed by atoms with Gasteiger partial charge in [0.15, 0.2) is 0 Å². The first-order chi connectivity index (χ1) is 9.19. The summed E-state index contributed by atoms with van der Waals surface area (Å²) in [6.45, 7) is 2.67. The Morgan fingerprint density at radius 2 is 1.43 bits per heavy atom. The number of carbonyl (C=O) groups is 2. The van der Waals surface area contributed by atoms with Crippen LogP contribution in [0.4, 0.5) is 26.3 Å². The SMILES string of the molecule is CN1C(=C(C(=O)C(F)(F)F)C(=O)C(F)(F)F)OCC1(C)C.